The Morgan fingerprint density at radius 3 is 2.83 bits per heavy atom. The van der Waals surface area contributed by atoms with Crippen molar-refractivity contribution in [3.8, 4) is 17.0 Å². The van der Waals surface area contributed by atoms with E-state index in [1.807, 2.05) is 30.3 Å². The number of nitrogens with one attached hydrogen (secondary N) is 1. The van der Waals surface area contributed by atoms with Gasteiger partial charge in [-0.1, -0.05) is 24.3 Å². The zero-order valence-corrected chi connectivity index (χ0v) is 9.77. The molecule has 1 N–H and O–H groups in total. The van der Waals surface area contributed by atoms with E-state index < -0.39 is 0 Å². The number of nitrogens with zero attached hydrogens (tertiary/aromatic N) is 1. The zero-order chi connectivity index (χ0) is 12.5. The number of halogens is 1. The molecule has 0 saturated carbocycles. The fourth-order valence-corrected chi connectivity index (χ4v) is 2.00. The third-order valence-electron chi connectivity index (χ3n) is 2.89. The lowest BCUT2D eigenvalue weighted by atomic mass is 10.1. The largest absolute Gasteiger partial charge is 0.497 e. The van der Waals surface area contributed by atoms with Gasteiger partial charge in [0, 0.05) is 10.9 Å². The summed E-state index contributed by atoms with van der Waals surface area (Å²) < 4.78 is 18.7. The average Bonchev–Trinajstić information content (AvgIpc) is 2.84. The summed E-state index contributed by atoms with van der Waals surface area (Å²) >= 11 is 0. The van der Waals surface area contributed by atoms with Crippen LogP contribution < -0.4 is 4.74 Å². The molecule has 0 aliphatic carbocycles. The van der Waals surface area contributed by atoms with Crippen LogP contribution in [0.25, 0.3) is 22.2 Å². The van der Waals surface area contributed by atoms with Crippen molar-refractivity contribution in [3.63, 3.8) is 0 Å². The number of hydrogen-bond acceptors (Lipinski definition) is 2. The zero-order valence-electron chi connectivity index (χ0n) is 9.77. The molecule has 0 fully saturated rings. The summed E-state index contributed by atoms with van der Waals surface area (Å²) in [6.07, 6.45) is 0. The topological polar surface area (TPSA) is 37.9 Å². The van der Waals surface area contributed by atoms with E-state index in [0.29, 0.717) is 5.52 Å². The molecule has 0 bridgehead atoms. The summed E-state index contributed by atoms with van der Waals surface area (Å²) in [7, 11) is 1.61. The number of hydrogen-bond donors (Lipinski definition) is 1. The molecule has 0 aliphatic heterocycles. The Hall–Kier alpha value is -2.36. The minimum Gasteiger partial charge on any atom is -0.497 e. The number of aromatic amines is 1. The molecule has 0 atom stereocenters. The molecule has 3 rings (SSSR count). The van der Waals surface area contributed by atoms with Crippen LogP contribution in [0.1, 0.15) is 0 Å². The van der Waals surface area contributed by atoms with E-state index in [1.54, 1.807) is 13.2 Å². The van der Waals surface area contributed by atoms with Crippen LogP contribution in [0.4, 0.5) is 4.39 Å². The number of ether oxygens (including phenoxy) is 1. The van der Waals surface area contributed by atoms with E-state index in [0.717, 1.165) is 22.4 Å². The van der Waals surface area contributed by atoms with Crippen LogP contribution in [0.2, 0.25) is 0 Å². The molecule has 4 heteroatoms. The molecule has 2 aromatic carbocycles. The third-order valence-corrected chi connectivity index (χ3v) is 2.89. The highest BCUT2D eigenvalue weighted by atomic mass is 19.1. The molecule has 0 amide bonds. The Labute approximate surface area is 103 Å². The van der Waals surface area contributed by atoms with Gasteiger partial charge in [0.15, 0.2) is 5.82 Å². The number of benzene rings is 2. The maximum absolute atomic E-state index is 13.6. The number of aromatic nitrogens is 2. The molecule has 0 saturated heterocycles. The Morgan fingerprint density at radius 1 is 1.17 bits per heavy atom. The molecule has 18 heavy (non-hydrogen) atoms. The predicted molar refractivity (Wildman–Crippen MR) is 68.0 cm³/mol. The Morgan fingerprint density at radius 2 is 2.00 bits per heavy atom. The van der Waals surface area contributed by atoms with Crippen molar-refractivity contribution in [2.45, 2.75) is 0 Å². The van der Waals surface area contributed by atoms with Gasteiger partial charge in [-0.15, -0.1) is 0 Å². The van der Waals surface area contributed by atoms with Crippen molar-refractivity contribution in [2.24, 2.45) is 0 Å². The first kappa shape index (κ1) is 10.8. The van der Waals surface area contributed by atoms with Gasteiger partial charge in [-0.05, 0) is 18.2 Å². The second-order valence-electron chi connectivity index (χ2n) is 3.97. The lowest BCUT2D eigenvalue weighted by molar-refractivity contribution is 0.415. The minimum absolute atomic E-state index is 0.321. The van der Waals surface area contributed by atoms with Gasteiger partial charge in [0.25, 0.3) is 0 Å². The molecule has 0 radical (unpaired) electrons. The van der Waals surface area contributed by atoms with E-state index >= 15 is 0 Å². The summed E-state index contributed by atoms with van der Waals surface area (Å²) in [5, 5.41) is 7.65. The number of fused-ring (bicyclic) bond motifs is 1. The van der Waals surface area contributed by atoms with Crippen molar-refractivity contribution in [3.05, 3.63) is 48.3 Å². The molecular weight excluding hydrogens is 231 g/mol. The summed E-state index contributed by atoms with van der Waals surface area (Å²) in [5.74, 6) is 0.435. The molecule has 1 aromatic heterocycles. The van der Waals surface area contributed by atoms with Crippen LogP contribution in [0.3, 0.4) is 0 Å². The summed E-state index contributed by atoms with van der Waals surface area (Å²) in [6, 6.07) is 12.5. The van der Waals surface area contributed by atoms with Crippen molar-refractivity contribution in [1.82, 2.24) is 10.2 Å². The lowest BCUT2D eigenvalue weighted by Gasteiger charge is -2.02. The Balaban J connectivity index is 2.22. The number of methoxy groups -OCH3 is 1. The normalized spacial score (nSPS) is 10.8. The highest BCUT2D eigenvalue weighted by Gasteiger charge is 2.10. The number of H-pyrrole nitrogens is 1. The maximum Gasteiger partial charge on any atom is 0.151 e. The second kappa shape index (κ2) is 4.14. The molecule has 0 aliphatic rings. The molecule has 3 aromatic rings. The molecule has 90 valence electrons. The number of rotatable bonds is 2. The molecular formula is C14H11FN2O. The van der Waals surface area contributed by atoms with Crippen LogP contribution >= 0.6 is 0 Å². The quantitative estimate of drug-likeness (QED) is 0.748. The van der Waals surface area contributed by atoms with Crippen LogP contribution in [0.5, 0.6) is 5.75 Å². The second-order valence-corrected chi connectivity index (χ2v) is 3.97. The van der Waals surface area contributed by atoms with Gasteiger partial charge in [0.05, 0.1) is 12.8 Å². The first-order valence-electron chi connectivity index (χ1n) is 5.56. The molecule has 0 spiro atoms. The van der Waals surface area contributed by atoms with Crippen LogP contribution in [-0.2, 0) is 0 Å². The standard InChI is InChI=1S/C14H11FN2O/c1-18-10-5-2-4-9(8-10)13-11-6-3-7-12(15)14(11)17-16-13/h2-8H,1H3,(H,16,17). The fourth-order valence-electron chi connectivity index (χ4n) is 2.00. The van der Waals surface area contributed by atoms with Gasteiger partial charge in [0.1, 0.15) is 11.3 Å². The minimum atomic E-state index is -0.321. The first-order valence-corrected chi connectivity index (χ1v) is 5.56. The van der Waals surface area contributed by atoms with E-state index in [4.69, 9.17) is 4.74 Å². The van der Waals surface area contributed by atoms with Gasteiger partial charge in [-0.2, -0.15) is 5.10 Å². The van der Waals surface area contributed by atoms with Gasteiger partial charge >= 0.3 is 0 Å². The first-order chi connectivity index (χ1) is 8.79. The summed E-state index contributed by atoms with van der Waals surface area (Å²) in [6.45, 7) is 0. The average molecular weight is 242 g/mol. The molecule has 3 nitrogen and oxygen atoms in total. The third kappa shape index (κ3) is 1.62. The van der Waals surface area contributed by atoms with Gasteiger partial charge in [-0.3, -0.25) is 5.10 Å². The number of para-hydroxylation sites is 1. The predicted octanol–water partition coefficient (Wildman–Crippen LogP) is 3.38. The van der Waals surface area contributed by atoms with Gasteiger partial charge in [-0.25, -0.2) is 4.39 Å². The monoisotopic (exact) mass is 242 g/mol. The van der Waals surface area contributed by atoms with Crippen molar-refractivity contribution in [2.75, 3.05) is 7.11 Å². The van der Waals surface area contributed by atoms with E-state index in [2.05, 4.69) is 10.2 Å². The SMILES string of the molecule is COc1cccc(-c2[nH]nc3c(F)cccc23)c1. The van der Waals surface area contributed by atoms with Crippen molar-refractivity contribution < 1.29 is 9.13 Å². The van der Waals surface area contributed by atoms with Gasteiger partial charge < -0.3 is 4.74 Å². The summed E-state index contributed by atoms with van der Waals surface area (Å²) in [5.41, 5.74) is 2.07. The van der Waals surface area contributed by atoms with E-state index in [1.165, 1.54) is 6.07 Å². The van der Waals surface area contributed by atoms with Crippen LogP contribution in [0.15, 0.2) is 42.5 Å². The fraction of sp³-hybridized carbons (Fsp3) is 0.0714. The van der Waals surface area contributed by atoms with Crippen LogP contribution in [0, 0.1) is 5.82 Å². The maximum atomic E-state index is 13.6. The Bertz CT molecular complexity index is 706. The van der Waals surface area contributed by atoms with E-state index in [9.17, 15) is 4.39 Å². The van der Waals surface area contributed by atoms with Gasteiger partial charge in [0.2, 0.25) is 0 Å². The lowest BCUT2D eigenvalue weighted by Crippen LogP contribution is -1.84. The molecule has 1 heterocycles. The van der Waals surface area contributed by atoms with Crippen LogP contribution in [-0.4, -0.2) is 17.3 Å². The highest BCUT2D eigenvalue weighted by molar-refractivity contribution is 5.93. The Kier molecular flexibility index (Phi) is 2.48. The van der Waals surface area contributed by atoms with E-state index in [-0.39, 0.29) is 5.82 Å². The summed E-state index contributed by atoms with van der Waals surface area (Å²) in [4.78, 5) is 0. The smallest absolute Gasteiger partial charge is 0.151 e. The molecule has 0 unspecified atom stereocenters. The highest BCUT2D eigenvalue weighted by Crippen LogP contribution is 2.29. The van der Waals surface area contributed by atoms with Crippen molar-refractivity contribution >= 4 is 10.9 Å². The van der Waals surface area contributed by atoms with Crippen molar-refractivity contribution in [1.29, 1.82) is 0 Å².